The summed E-state index contributed by atoms with van der Waals surface area (Å²) in [6, 6.07) is 7.40. The summed E-state index contributed by atoms with van der Waals surface area (Å²) in [5.74, 6) is 0. The van der Waals surface area contributed by atoms with Crippen molar-refractivity contribution in [2.24, 2.45) is 11.1 Å². The molecule has 5 heteroatoms. The van der Waals surface area contributed by atoms with Gasteiger partial charge in [0.2, 0.25) is 0 Å². The Bertz CT molecular complexity index is 641. The number of nitrogens with zero attached hydrogens (tertiary/aromatic N) is 1. The molecule has 1 aromatic carbocycles. The molecule has 0 radical (unpaired) electrons. The fraction of sp³-hybridized carbons (Fsp3) is 0.438. The van der Waals surface area contributed by atoms with E-state index in [0.29, 0.717) is 18.2 Å². The molecule has 1 fully saturated rings. The van der Waals surface area contributed by atoms with Crippen molar-refractivity contribution in [1.29, 1.82) is 0 Å². The van der Waals surface area contributed by atoms with Gasteiger partial charge >= 0.3 is 0 Å². The highest BCUT2D eigenvalue weighted by molar-refractivity contribution is 6.35. The number of aliphatic hydroxyl groups is 1. The Labute approximate surface area is 128 Å². The third-order valence-electron chi connectivity index (χ3n) is 4.38. The van der Waals surface area contributed by atoms with Gasteiger partial charge in [0.15, 0.2) is 0 Å². The van der Waals surface area contributed by atoms with Crippen LogP contribution in [0.15, 0.2) is 30.5 Å². The van der Waals surface area contributed by atoms with Gasteiger partial charge in [-0.2, -0.15) is 0 Å². The van der Waals surface area contributed by atoms with Gasteiger partial charge in [-0.05, 0) is 31.0 Å². The van der Waals surface area contributed by atoms with Crippen LogP contribution in [-0.2, 0) is 4.74 Å². The van der Waals surface area contributed by atoms with Crippen LogP contribution in [0.4, 0.5) is 0 Å². The number of benzene rings is 1. The Morgan fingerprint density at radius 1 is 1.43 bits per heavy atom. The Kier molecular flexibility index (Phi) is 4.13. The fourth-order valence-corrected chi connectivity index (χ4v) is 3.29. The molecule has 21 heavy (non-hydrogen) atoms. The van der Waals surface area contributed by atoms with Crippen molar-refractivity contribution >= 4 is 22.5 Å². The van der Waals surface area contributed by atoms with Crippen LogP contribution in [0.25, 0.3) is 10.9 Å². The molecular formula is C16H19ClN2O2. The maximum atomic E-state index is 10.9. The lowest BCUT2D eigenvalue weighted by molar-refractivity contribution is -0.0777. The van der Waals surface area contributed by atoms with Gasteiger partial charge in [0, 0.05) is 40.7 Å². The molecule has 0 saturated carbocycles. The molecule has 3 rings (SSSR count). The van der Waals surface area contributed by atoms with E-state index in [1.165, 1.54) is 0 Å². The lowest BCUT2D eigenvalue weighted by atomic mass is 9.74. The number of hydrogen-bond acceptors (Lipinski definition) is 4. The second-order valence-electron chi connectivity index (χ2n) is 5.66. The van der Waals surface area contributed by atoms with Gasteiger partial charge < -0.3 is 15.6 Å². The van der Waals surface area contributed by atoms with Crippen LogP contribution in [0.3, 0.4) is 0 Å². The summed E-state index contributed by atoms with van der Waals surface area (Å²) in [7, 11) is 0. The minimum absolute atomic E-state index is 0.380. The van der Waals surface area contributed by atoms with E-state index in [2.05, 4.69) is 4.98 Å². The van der Waals surface area contributed by atoms with E-state index in [9.17, 15) is 5.11 Å². The summed E-state index contributed by atoms with van der Waals surface area (Å²) in [5, 5.41) is 12.4. The van der Waals surface area contributed by atoms with Gasteiger partial charge in [0.05, 0.1) is 18.2 Å². The van der Waals surface area contributed by atoms with E-state index in [0.717, 1.165) is 35.9 Å². The van der Waals surface area contributed by atoms with Gasteiger partial charge in [-0.1, -0.05) is 17.7 Å². The Morgan fingerprint density at radius 2 is 2.29 bits per heavy atom. The summed E-state index contributed by atoms with van der Waals surface area (Å²) >= 11 is 6.22. The summed E-state index contributed by atoms with van der Waals surface area (Å²) in [5.41, 5.74) is 7.02. The van der Waals surface area contributed by atoms with Crippen molar-refractivity contribution in [2.45, 2.75) is 18.9 Å². The maximum Gasteiger partial charge on any atom is 0.0901 e. The normalized spacial score (nSPS) is 24.1. The van der Waals surface area contributed by atoms with Crippen LogP contribution in [0, 0.1) is 5.41 Å². The van der Waals surface area contributed by atoms with Crippen LogP contribution >= 0.6 is 11.6 Å². The SMILES string of the molecule is NCC1(C(O)c2ccc(Cl)c3cccnc23)CCCOC1. The highest BCUT2D eigenvalue weighted by Crippen LogP contribution is 2.42. The molecule has 112 valence electrons. The Hall–Kier alpha value is -1.20. The monoisotopic (exact) mass is 306 g/mol. The van der Waals surface area contributed by atoms with Gasteiger partial charge in [0.25, 0.3) is 0 Å². The molecule has 2 heterocycles. The number of ether oxygens (including phenoxy) is 1. The summed E-state index contributed by atoms with van der Waals surface area (Å²) < 4.78 is 5.57. The van der Waals surface area contributed by atoms with Gasteiger partial charge in [-0.15, -0.1) is 0 Å². The van der Waals surface area contributed by atoms with Crippen molar-refractivity contribution in [1.82, 2.24) is 4.98 Å². The standard InChI is InChI=1S/C16H19ClN2O2/c17-13-5-4-12(14-11(13)3-1-7-19-14)15(20)16(9-18)6-2-8-21-10-16/h1,3-5,7,15,20H,2,6,8-10,18H2. The number of pyridine rings is 1. The molecule has 3 N–H and O–H groups in total. The zero-order chi connectivity index (χ0) is 14.9. The molecule has 2 unspecified atom stereocenters. The topological polar surface area (TPSA) is 68.4 Å². The first kappa shape index (κ1) is 14.7. The number of aromatic nitrogens is 1. The number of fused-ring (bicyclic) bond motifs is 1. The van der Waals surface area contributed by atoms with E-state index in [4.69, 9.17) is 22.1 Å². The molecule has 0 bridgehead atoms. The van der Waals surface area contributed by atoms with Crippen molar-refractivity contribution in [3.05, 3.63) is 41.0 Å². The number of rotatable bonds is 3. The molecule has 2 aromatic rings. The lowest BCUT2D eigenvalue weighted by Gasteiger charge is -2.40. The zero-order valence-electron chi connectivity index (χ0n) is 11.8. The minimum Gasteiger partial charge on any atom is -0.388 e. The maximum absolute atomic E-state index is 10.9. The largest absolute Gasteiger partial charge is 0.388 e. The highest BCUT2D eigenvalue weighted by atomic mass is 35.5. The Morgan fingerprint density at radius 3 is 3.00 bits per heavy atom. The van der Waals surface area contributed by atoms with Gasteiger partial charge in [-0.3, -0.25) is 4.98 Å². The molecular weight excluding hydrogens is 288 g/mol. The number of halogens is 1. The van der Waals surface area contributed by atoms with E-state index in [1.807, 2.05) is 18.2 Å². The first-order valence-corrected chi connectivity index (χ1v) is 7.55. The second kappa shape index (κ2) is 5.89. The zero-order valence-corrected chi connectivity index (χ0v) is 12.5. The van der Waals surface area contributed by atoms with Gasteiger partial charge in [0.1, 0.15) is 0 Å². The molecule has 1 aliphatic heterocycles. The molecule has 1 aromatic heterocycles. The number of nitrogens with two attached hydrogens (primary N) is 1. The molecule has 1 aliphatic rings. The first-order chi connectivity index (χ1) is 10.2. The Balaban J connectivity index is 2.09. The molecule has 2 atom stereocenters. The van der Waals surface area contributed by atoms with Crippen molar-refractivity contribution in [3.63, 3.8) is 0 Å². The fourth-order valence-electron chi connectivity index (χ4n) is 3.07. The van der Waals surface area contributed by atoms with Gasteiger partial charge in [-0.25, -0.2) is 0 Å². The number of hydrogen-bond donors (Lipinski definition) is 2. The van der Waals surface area contributed by atoms with Crippen LogP contribution < -0.4 is 5.73 Å². The summed E-state index contributed by atoms with van der Waals surface area (Å²) in [4.78, 5) is 4.40. The highest BCUT2D eigenvalue weighted by Gasteiger charge is 2.40. The van der Waals surface area contributed by atoms with Crippen molar-refractivity contribution < 1.29 is 9.84 Å². The van der Waals surface area contributed by atoms with Crippen LogP contribution in [0.2, 0.25) is 5.02 Å². The predicted molar refractivity (Wildman–Crippen MR) is 83.3 cm³/mol. The van der Waals surface area contributed by atoms with E-state index < -0.39 is 11.5 Å². The molecule has 4 nitrogen and oxygen atoms in total. The second-order valence-corrected chi connectivity index (χ2v) is 6.07. The summed E-state index contributed by atoms with van der Waals surface area (Å²) in [6.07, 6.45) is 2.76. The number of aliphatic hydroxyl groups excluding tert-OH is 1. The minimum atomic E-state index is -0.711. The van der Waals surface area contributed by atoms with E-state index in [1.54, 1.807) is 12.3 Å². The average Bonchev–Trinajstić information content (AvgIpc) is 2.55. The first-order valence-electron chi connectivity index (χ1n) is 7.17. The van der Waals surface area contributed by atoms with Crippen molar-refractivity contribution in [3.8, 4) is 0 Å². The van der Waals surface area contributed by atoms with Crippen LogP contribution in [0.1, 0.15) is 24.5 Å². The van der Waals surface area contributed by atoms with Crippen LogP contribution in [-0.4, -0.2) is 29.8 Å². The third kappa shape index (κ3) is 2.53. The molecule has 0 spiro atoms. The predicted octanol–water partition coefficient (Wildman–Crippen LogP) is 2.68. The quantitative estimate of drug-likeness (QED) is 0.915. The molecule has 0 amide bonds. The van der Waals surface area contributed by atoms with Crippen molar-refractivity contribution in [2.75, 3.05) is 19.8 Å². The third-order valence-corrected chi connectivity index (χ3v) is 4.71. The van der Waals surface area contributed by atoms with E-state index in [-0.39, 0.29) is 0 Å². The molecule has 1 saturated heterocycles. The average molecular weight is 307 g/mol. The summed E-state index contributed by atoms with van der Waals surface area (Å²) in [6.45, 7) is 1.58. The van der Waals surface area contributed by atoms with E-state index >= 15 is 0 Å². The lowest BCUT2D eigenvalue weighted by Crippen LogP contribution is -2.43. The molecule has 0 aliphatic carbocycles. The van der Waals surface area contributed by atoms with Crippen LogP contribution in [0.5, 0.6) is 0 Å². The smallest absolute Gasteiger partial charge is 0.0901 e.